The van der Waals surface area contributed by atoms with Gasteiger partial charge in [-0.05, 0) is 67.5 Å². The number of hydrogen-bond acceptors (Lipinski definition) is 18. The van der Waals surface area contributed by atoms with E-state index in [0.29, 0.717) is 59.3 Å². The van der Waals surface area contributed by atoms with Crippen LogP contribution in [-0.2, 0) is 42.9 Å². The highest BCUT2D eigenvalue weighted by Gasteiger charge is 2.40. The number of carbonyl (C=O) groups excluding carboxylic acids is 6. The van der Waals surface area contributed by atoms with Crippen LogP contribution in [0.4, 0.5) is 0 Å². The summed E-state index contributed by atoms with van der Waals surface area (Å²) >= 11 is 0. The Morgan fingerprint density at radius 1 is 1.02 bits per heavy atom. The Bertz CT molecular complexity index is 1770. The van der Waals surface area contributed by atoms with Gasteiger partial charge in [-0.2, -0.15) is 0 Å². The van der Waals surface area contributed by atoms with Crippen molar-refractivity contribution in [3.8, 4) is 0 Å². The molecule has 0 saturated heterocycles. The summed E-state index contributed by atoms with van der Waals surface area (Å²) in [5, 5.41) is 36.8. The molecular formula is C35H44N4O14S2. The van der Waals surface area contributed by atoms with Crippen molar-refractivity contribution in [1.82, 2.24) is 20.1 Å². The number of nitrogens with zero attached hydrogens (tertiary/aromatic N) is 4. The monoisotopic (exact) mass is 808 g/mol. The van der Waals surface area contributed by atoms with Crippen LogP contribution >= 0.6 is 21.6 Å². The molecule has 1 aliphatic heterocycles. The molecule has 1 saturated carbocycles. The summed E-state index contributed by atoms with van der Waals surface area (Å²) in [6, 6.07) is 4.99. The van der Waals surface area contributed by atoms with Gasteiger partial charge in [-0.25, -0.2) is 9.42 Å². The van der Waals surface area contributed by atoms with E-state index in [1.807, 2.05) is 6.92 Å². The number of cyclic esters (lactones) is 1. The standard InChI is InChI=1S/C35H44N4O14S2/c1-4-54-55-27(20(2)39(19-40)17-30(44)50-18-26(41)33-31(45)32(46)35(48)52-33)14-15-49-28(42)6-5-7-29(43)51-23-11-9-22(10-12-23)38(3)34(47)21-8-13-24-25(16-21)37-53-36-24/h8,13,16,19,22-23,26,33,41,45-46H,4-7,9-12,14-15,17-18H2,1-3H3/b27-20-. The summed E-state index contributed by atoms with van der Waals surface area (Å²) in [7, 11) is 4.57. The van der Waals surface area contributed by atoms with Gasteiger partial charge in [0, 0.05) is 54.3 Å². The average Bonchev–Trinajstić information content (AvgIpc) is 3.76. The lowest BCUT2D eigenvalue weighted by molar-refractivity contribution is -0.156. The molecule has 300 valence electrons. The highest BCUT2D eigenvalue weighted by atomic mass is 33.1. The molecule has 1 aromatic heterocycles. The molecule has 55 heavy (non-hydrogen) atoms. The van der Waals surface area contributed by atoms with E-state index >= 15 is 0 Å². The summed E-state index contributed by atoms with van der Waals surface area (Å²) in [4.78, 5) is 77.1. The molecule has 4 rings (SSSR count). The number of aliphatic hydroxyl groups excluding tert-OH is 3. The van der Waals surface area contributed by atoms with Crippen molar-refractivity contribution in [3.05, 3.63) is 45.9 Å². The van der Waals surface area contributed by atoms with E-state index in [2.05, 4.69) is 15.1 Å². The van der Waals surface area contributed by atoms with E-state index in [1.54, 1.807) is 37.1 Å². The van der Waals surface area contributed by atoms with E-state index in [-0.39, 0.29) is 50.3 Å². The molecule has 2 amide bonds. The molecule has 1 fully saturated rings. The number of ether oxygens (including phenoxy) is 4. The summed E-state index contributed by atoms with van der Waals surface area (Å²) < 4.78 is 25.3. The summed E-state index contributed by atoms with van der Waals surface area (Å²) in [6.07, 6.45) is -0.0952. The van der Waals surface area contributed by atoms with Crippen LogP contribution in [0.2, 0.25) is 0 Å². The van der Waals surface area contributed by atoms with Crippen LogP contribution in [0.15, 0.2) is 44.9 Å². The maximum Gasteiger partial charge on any atom is 0.377 e. The van der Waals surface area contributed by atoms with Crippen molar-refractivity contribution in [2.24, 2.45) is 0 Å². The molecule has 2 atom stereocenters. The third-order valence-electron chi connectivity index (χ3n) is 8.91. The zero-order valence-corrected chi connectivity index (χ0v) is 32.2. The molecular weight excluding hydrogens is 765 g/mol. The topological polar surface area (TPSA) is 245 Å². The minimum absolute atomic E-state index is 0.00871. The summed E-state index contributed by atoms with van der Waals surface area (Å²) in [5.41, 5.74) is 1.96. The summed E-state index contributed by atoms with van der Waals surface area (Å²) in [5.74, 6) is -4.43. The van der Waals surface area contributed by atoms with E-state index in [4.69, 9.17) is 18.8 Å². The first-order chi connectivity index (χ1) is 26.3. The average molecular weight is 809 g/mol. The van der Waals surface area contributed by atoms with E-state index in [1.165, 1.54) is 21.6 Å². The third-order valence-corrected chi connectivity index (χ3v) is 11.6. The molecule has 0 spiro atoms. The molecule has 1 aromatic carbocycles. The number of aromatic nitrogens is 2. The smallest absolute Gasteiger partial charge is 0.377 e. The van der Waals surface area contributed by atoms with Crippen molar-refractivity contribution in [1.29, 1.82) is 0 Å². The van der Waals surface area contributed by atoms with Crippen LogP contribution in [0.25, 0.3) is 11.0 Å². The Hall–Kier alpha value is -4.82. The van der Waals surface area contributed by atoms with Crippen LogP contribution in [0.5, 0.6) is 0 Å². The largest absolute Gasteiger partial charge is 0.505 e. The highest BCUT2D eigenvalue weighted by molar-refractivity contribution is 8.78. The third kappa shape index (κ3) is 12.1. The summed E-state index contributed by atoms with van der Waals surface area (Å²) in [6.45, 7) is 2.28. The number of rotatable bonds is 20. The quantitative estimate of drug-likeness (QED) is 0.0750. The van der Waals surface area contributed by atoms with Gasteiger partial charge >= 0.3 is 23.9 Å². The lowest BCUT2D eigenvalue weighted by atomic mass is 9.91. The van der Waals surface area contributed by atoms with Crippen LogP contribution in [-0.4, -0.2) is 129 Å². The van der Waals surface area contributed by atoms with Crippen LogP contribution in [0.3, 0.4) is 0 Å². The van der Waals surface area contributed by atoms with E-state index < -0.39 is 60.8 Å². The molecule has 18 nitrogen and oxygen atoms in total. The van der Waals surface area contributed by atoms with Gasteiger partial charge in [-0.15, -0.1) is 0 Å². The number of fused-ring (bicyclic) bond motifs is 1. The maximum atomic E-state index is 13.0. The Kier molecular flexibility index (Phi) is 16.2. The molecule has 2 unspecified atom stereocenters. The molecule has 2 heterocycles. The number of benzene rings is 1. The molecule has 2 aromatic rings. The number of esters is 4. The first-order valence-electron chi connectivity index (χ1n) is 17.5. The lowest BCUT2D eigenvalue weighted by Gasteiger charge is -2.34. The fourth-order valence-corrected chi connectivity index (χ4v) is 7.83. The molecule has 0 bridgehead atoms. The second-order valence-corrected chi connectivity index (χ2v) is 15.3. The molecule has 0 radical (unpaired) electrons. The Labute approximate surface area is 323 Å². The minimum atomic E-state index is -1.67. The number of hydrogen-bond donors (Lipinski definition) is 3. The van der Waals surface area contributed by atoms with Crippen molar-refractivity contribution in [3.63, 3.8) is 0 Å². The van der Waals surface area contributed by atoms with Crippen LogP contribution in [0, 0.1) is 0 Å². The minimum Gasteiger partial charge on any atom is -0.505 e. The fraction of sp³-hybridized carbons (Fsp3) is 0.543. The van der Waals surface area contributed by atoms with Gasteiger partial charge in [-0.1, -0.05) is 28.5 Å². The molecule has 20 heteroatoms. The lowest BCUT2D eigenvalue weighted by Crippen LogP contribution is -2.41. The van der Waals surface area contributed by atoms with E-state index in [0.717, 1.165) is 10.7 Å². The Balaban J connectivity index is 1.14. The zero-order valence-electron chi connectivity index (χ0n) is 30.5. The highest BCUT2D eigenvalue weighted by Crippen LogP contribution is 2.35. The van der Waals surface area contributed by atoms with Gasteiger partial charge in [0.05, 0.1) is 6.61 Å². The Morgan fingerprint density at radius 2 is 1.73 bits per heavy atom. The van der Waals surface area contributed by atoms with Gasteiger partial charge < -0.3 is 44.1 Å². The Morgan fingerprint density at radius 3 is 2.40 bits per heavy atom. The number of allylic oxidation sites excluding steroid dienone is 1. The second-order valence-electron chi connectivity index (χ2n) is 12.7. The second kappa shape index (κ2) is 20.7. The van der Waals surface area contributed by atoms with Gasteiger partial charge in [-0.3, -0.25) is 24.0 Å². The van der Waals surface area contributed by atoms with Gasteiger partial charge in [0.25, 0.3) is 5.91 Å². The van der Waals surface area contributed by atoms with Crippen molar-refractivity contribution in [2.75, 3.05) is 32.6 Å². The van der Waals surface area contributed by atoms with Gasteiger partial charge in [0.2, 0.25) is 12.2 Å². The van der Waals surface area contributed by atoms with Gasteiger partial charge in [0.1, 0.15) is 36.4 Å². The SMILES string of the molecule is CCSS/C(CCOC(=O)CCCC(=O)OC1CCC(N(C)C(=O)c2ccc3nonc3c2)CC1)=C(/C)N(C=O)CC(=O)OCC(O)C1OC(=O)C(O)=C1O. The predicted octanol–water partition coefficient (Wildman–Crippen LogP) is 3.50. The van der Waals surface area contributed by atoms with E-state index in [9.17, 15) is 44.1 Å². The molecule has 2 aliphatic rings. The van der Waals surface area contributed by atoms with Gasteiger partial charge in [0.15, 0.2) is 11.9 Å². The fourth-order valence-electron chi connectivity index (χ4n) is 5.77. The zero-order chi connectivity index (χ0) is 40.1. The van der Waals surface area contributed by atoms with Crippen molar-refractivity contribution in [2.45, 2.75) is 89.6 Å². The number of aliphatic hydroxyl groups is 3. The van der Waals surface area contributed by atoms with Crippen molar-refractivity contribution < 1.29 is 67.7 Å². The molecule has 3 N–H and O–H groups in total. The number of amides is 2. The predicted molar refractivity (Wildman–Crippen MR) is 196 cm³/mol. The normalized spacial score (nSPS) is 19.3. The maximum absolute atomic E-state index is 13.0. The van der Waals surface area contributed by atoms with Crippen molar-refractivity contribution >= 4 is 68.8 Å². The van der Waals surface area contributed by atoms with Crippen LogP contribution in [0.1, 0.15) is 75.6 Å². The first kappa shape index (κ1) is 42.9. The first-order valence-corrected chi connectivity index (χ1v) is 19.9. The van der Waals surface area contributed by atoms with Crippen LogP contribution < -0.4 is 0 Å². The molecule has 1 aliphatic carbocycles. The number of carbonyl (C=O) groups is 6.